The van der Waals surface area contributed by atoms with E-state index in [-0.39, 0.29) is 12.5 Å². The van der Waals surface area contributed by atoms with E-state index in [4.69, 9.17) is 15.6 Å². The quantitative estimate of drug-likeness (QED) is 0.634. The minimum Gasteiger partial charge on any atom is -0.479 e. The minimum atomic E-state index is -1.65. The van der Waals surface area contributed by atoms with Crippen molar-refractivity contribution in [2.45, 2.75) is 24.9 Å². The second-order valence-corrected chi connectivity index (χ2v) is 5.87. The third-order valence-electron chi connectivity index (χ3n) is 4.17. The SMILES string of the molecule is [2H][C@H]1[C@@H](F)[C@H](n2cnc3c(OC)ncnc32)O[C@@H]1COC(=O)c1ccccc1. The number of fused-ring (bicyclic) bond motifs is 1. The molecule has 8 nitrogen and oxygen atoms in total. The zero-order chi connectivity index (χ0) is 19.7. The van der Waals surface area contributed by atoms with Gasteiger partial charge in [0.1, 0.15) is 19.1 Å². The number of imidazole rings is 1. The van der Waals surface area contributed by atoms with Gasteiger partial charge in [0.05, 0.1) is 25.1 Å². The van der Waals surface area contributed by atoms with Crippen molar-refractivity contribution in [3.8, 4) is 5.88 Å². The normalized spacial score (nSPS) is 25.3. The molecule has 1 aliphatic rings. The molecule has 2 aromatic heterocycles. The second-order valence-electron chi connectivity index (χ2n) is 5.87. The molecule has 4 rings (SSSR count). The van der Waals surface area contributed by atoms with Gasteiger partial charge in [0, 0.05) is 7.77 Å². The molecule has 4 atom stereocenters. The van der Waals surface area contributed by atoms with Crippen molar-refractivity contribution in [3.63, 3.8) is 0 Å². The van der Waals surface area contributed by atoms with E-state index in [0.717, 1.165) is 0 Å². The molecule has 0 aliphatic carbocycles. The summed E-state index contributed by atoms with van der Waals surface area (Å²) in [5.74, 6) is -0.297. The van der Waals surface area contributed by atoms with Crippen LogP contribution >= 0.6 is 0 Å². The number of hydrogen-bond acceptors (Lipinski definition) is 7. The predicted molar refractivity (Wildman–Crippen MR) is 92.0 cm³/mol. The Bertz CT molecular complexity index is 986. The molecule has 140 valence electrons. The highest BCUT2D eigenvalue weighted by Gasteiger charge is 2.38. The third kappa shape index (κ3) is 3.33. The molecule has 0 spiro atoms. The number of rotatable bonds is 5. The fourth-order valence-electron chi connectivity index (χ4n) is 2.89. The first-order chi connectivity index (χ1) is 13.6. The molecule has 27 heavy (non-hydrogen) atoms. The average molecular weight is 373 g/mol. The highest BCUT2D eigenvalue weighted by molar-refractivity contribution is 5.89. The number of methoxy groups -OCH3 is 1. The first-order valence-electron chi connectivity index (χ1n) is 8.83. The lowest BCUT2D eigenvalue weighted by Gasteiger charge is -2.16. The summed E-state index contributed by atoms with van der Waals surface area (Å²) in [4.78, 5) is 24.3. The van der Waals surface area contributed by atoms with Crippen LogP contribution in [0.3, 0.4) is 0 Å². The number of halogens is 1. The average Bonchev–Trinajstić information content (AvgIpc) is 3.28. The largest absolute Gasteiger partial charge is 0.479 e. The number of ether oxygens (including phenoxy) is 3. The van der Waals surface area contributed by atoms with Gasteiger partial charge in [-0.3, -0.25) is 4.57 Å². The van der Waals surface area contributed by atoms with E-state index in [1.807, 2.05) is 0 Å². The van der Waals surface area contributed by atoms with Crippen LogP contribution in [0.1, 0.15) is 24.4 Å². The molecule has 1 aliphatic heterocycles. The number of benzene rings is 1. The van der Waals surface area contributed by atoms with Gasteiger partial charge in [0.15, 0.2) is 17.4 Å². The fourth-order valence-corrected chi connectivity index (χ4v) is 2.89. The van der Waals surface area contributed by atoms with Gasteiger partial charge in [-0.1, -0.05) is 18.2 Å². The summed E-state index contributed by atoms with van der Waals surface area (Å²) in [6.45, 7) is -0.232. The van der Waals surface area contributed by atoms with Gasteiger partial charge >= 0.3 is 5.97 Å². The van der Waals surface area contributed by atoms with Gasteiger partial charge in [-0.2, -0.15) is 4.98 Å². The number of carbonyl (C=O) groups excluding carboxylic acids is 1. The molecule has 9 heteroatoms. The first kappa shape index (κ1) is 16.1. The van der Waals surface area contributed by atoms with Crippen molar-refractivity contribution in [2.75, 3.05) is 13.7 Å². The maximum Gasteiger partial charge on any atom is 0.338 e. The van der Waals surface area contributed by atoms with Crippen molar-refractivity contribution in [3.05, 3.63) is 48.5 Å². The van der Waals surface area contributed by atoms with Gasteiger partial charge in [0.25, 0.3) is 0 Å². The smallest absolute Gasteiger partial charge is 0.338 e. The van der Waals surface area contributed by atoms with Gasteiger partial charge in [-0.15, -0.1) is 0 Å². The number of carbonyl (C=O) groups is 1. The third-order valence-corrected chi connectivity index (χ3v) is 4.17. The van der Waals surface area contributed by atoms with Crippen LogP contribution in [0.5, 0.6) is 5.88 Å². The standard InChI is InChI=1S/C18H17FN4O4/c1-25-16-14-15(20-9-21-16)23(10-22-14)17-13(19)7-12(27-17)8-26-18(24)11-5-3-2-4-6-11/h2-6,9-10,12-13,17H,7-8H2,1H3/t12-,13+,17+/m0/s1/i7D/t7-,12+,13-,17-/m1. The van der Waals surface area contributed by atoms with E-state index in [1.54, 1.807) is 30.3 Å². The Hall–Kier alpha value is -3.07. The van der Waals surface area contributed by atoms with E-state index in [2.05, 4.69) is 15.0 Å². The molecule has 1 saturated heterocycles. The number of nitrogens with zero attached hydrogens (tertiary/aromatic N) is 4. The monoisotopic (exact) mass is 373 g/mol. The molecule has 3 heterocycles. The van der Waals surface area contributed by atoms with Crippen LogP contribution < -0.4 is 4.74 Å². The van der Waals surface area contributed by atoms with Crippen LogP contribution in [-0.2, 0) is 9.47 Å². The Morgan fingerprint density at radius 1 is 1.37 bits per heavy atom. The van der Waals surface area contributed by atoms with Crippen LogP contribution in [0.15, 0.2) is 43.0 Å². The van der Waals surface area contributed by atoms with Gasteiger partial charge in [-0.25, -0.2) is 19.2 Å². The maximum absolute atomic E-state index is 14.8. The van der Waals surface area contributed by atoms with E-state index < -0.39 is 30.9 Å². The summed E-state index contributed by atoms with van der Waals surface area (Å²) in [6, 6.07) is 8.43. The van der Waals surface area contributed by atoms with E-state index in [1.165, 1.54) is 24.3 Å². The summed E-state index contributed by atoms with van der Waals surface area (Å²) >= 11 is 0. The maximum atomic E-state index is 14.8. The summed E-state index contributed by atoms with van der Waals surface area (Å²) in [5, 5.41) is 0. The van der Waals surface area contributed by atoms with Crippen LogP contribution in [0.4, 0.5) is 4.39 Å². The lowest BCUT2D eigenvalue weighted by Crippen LogP contribution is -2.19. The molecular formula is C18H17FN4O4. The summed E-state index contributed by atoms with van der Waals surface area (Å²) in [7, 11) is 1.45. The van der Waals surface area contributed by atoms with Gasteiger partial charge < -0.3 is 14.2 Å². The molecule has 0 saturated carbocycles. The number of alkyl halides is 1. The molecule has 0 amide bonds. The molecule has 1 aromatic carbocycles. The van der Waals surface area contributed by atoms with Gasteiger partial charge in [-0.05, 0) is 12.1 Å². The molecule has 1 fully saturated rings. The van der Waals surface area contributed by atoms with E-state index in [0.29, 0.717) is 16.7 Å². The molecule has 0 N–H and O–H groups in total. The zero-order valence-corrected chi connectivity index (χ0v) is 14.4. The topological polar surface area (TPSA) is 88.4 Å². The Kier molecular flexibility index (Phi) is 4.35. The van der Waals surface area contributed by atoms with E-state index in [9.17, 15) is 9.18 Å². The Labute approximate surface area is 155 Å². The van der Waals surface area contributed by atoms with Crippen LogP contribution in [0.2, 0.25) is 0 Å². The number of esters is 1. The lowest BCUT2D eigenvalue weighted by atomic mass is 10.2. The molecule has 0 unspecified atom stereocenters. The van der Waals surface area contributed by atoms with Crippen molar-refractivity contribution in [1.29, 1.82) is 0 Å². The number of aromatic nitrogens is 4. The van der Waals surface area contributed by atoms with Crippen molar-refractivity contribution in [1.82, 2.24) is 19.5 Å². The highest BCUT2D eigenvalue weighted by Crippen LogP contribution is 2.34. The summed E-state index contributed by atoms with van der Waals surface area (Å²) < 4.78 is 40.3. The Balaban J connectivity index is 1.50. The van der Waals surface area contributed by atoms with Crippen molar-refractivity contribution < 1.29 is 24.8 Å². The van der Waals surface area contributed by atoms with E-state index >= 15 is 0 Å². The second kappa shape index (κ2) is 7.28. The van der Waals surface area contributed by atoms with Crippen LogP contribution in [0, 0.1) is 0 Å². The Morgan fingerprint density at radius 3 is 2.96 bits per heavy atom. The first-order valence-corrected chi connectivity index (χ1v) is 8.25. The molecular weight excluding hydrogens is 355 g/mol. The summed E-state index contributed by atoms with van der Waals surface area (Å²) in [5.41, 5.74) is 1.06. The fraction of sp³-hybridized carbons (Fsp3) is 0.333. The van der Waals surface area contributed by atoms with Crippen LogP contribution in [-0.4, -0.2) is 51.5 Å². The number of hydrogen-bond donors (Lipinski definition) is 0. The van der Waals surface area contributed by atoms with Gasteiger partial charge in [0.2, 0.25) is 5.88 Å². The lowest BCUT2D eigenvalue weighted by molar-refractivity contribution is -0.0420. The summed E-state index contributed by atoms with van der Waals surface area (Å²) in [6.07, 6.45) is -2.28. The van der Waals surface area contributed by atoms with Crippen molar-refractivity contribution >= 4 is 17.1 Å². The van der Waals surface area contributed by atoms with Crippen molar-refractivity contribution in [2.24, 2.45) is 0 Å². The molecule has 3 aromatic rings. The Morgan fingerprint density at radius 2 is 2.19 bits per heavy atom. The molecule has 0 bridgehead atoms. The predicted octanol–water partition coefficient (Wildman–Crippen LogP) is 2.32. The minimum absolute atomic E-state index is 0.232. The highest BCUT2D eigenvalue weighted by atomic mass is 19.1. The zero-order valence-electron chi connectivity index (χ0n) is 15.4. The molecule has 0 radical (unpaired) electrons. The van der Waals surface area contributed by atoms with Crippen LogP contribution in [0.25, 0.3) is 11.2 Å².